The van der Waals surface area contributed by atoms with Gasteiger partial charge in [0.15, 0.2) is 0 Å². The molecule has 0 atom stereocenters. The van der Waals surface area contributed by atoms with Gasteiger partial charge in [-0.25, -0.2) is 4.98 Å². The number of halogens is 1. The molecule has 4 rings (SSSR count). The van der Waals surface area contributed by atoms with E-state index < -0.39 is 0 Å². The van der Waals surface area contributed by atoms with E-state index in [1.165, 1.54) is 11.8 Å². The minimum Gasteiger partial charge on any atom is -0.497 e. The van der Waals surface area contributed by atoms with E-state index in [1.54, 1.807) is 43.5 Å². The van der Waals surface area contributed by atoms with Crippen molar-refractivity contribution in [3.8, 4) is 34.2 Å². The molecule has 0 radical (unpaired) electrons. The van der Waals surface area contributed by atoms with Crippen molar-refractivity contribution in [3.05, 3.63) is 95.0 Å². The van der Waals surface area contributed by atoms with Crippen LogP contribution in [0.3, 0.4) is 0 Å². The highest BCUT2D eigenvalue weighted by atomic mass is 35.5. The van der Waals surface area contributed by atoms with E-state index in [0.29, 0.717) is 32.7 Å². The number of carbonyl (C=O) groups is 1. The number of carbonyl (C=O) groups excluding carboxylic acids is 1. The normalized spacial score (nSPS) is 10.5. The molecule has 0 aliphatic carbocycles. The fourth-order valence-electron chi connectivity index (χ4n) is 3.47. The highest BCUT2D eigenvalue weighted by Crippen LogP contribution is 2.34. The van der Waals surface area contributed by atoms with Crippen molar-refractivity contribution < 1.29 is 9.53 Å². The third kappa shape index (κ3) is 6.02. The summed E-state index contributed by atoms with van der Waals surface area (Å²) < 4.78 is 5.15. The van der Waals surface area contributed by atoms with Gasteiger partial charge in [0.05, 0.1) is 24.1 Å². The molecule has 0 aliphatic heterocycles. The number of nitriles is 1. The number of nitrogens with zero attached hydrogens (tertiary/aromatic N) is 2. The number of methoxy groups -OCH3 is 1. The van der Waals surface area contributed by atoms with Gasteiger partial charge in [0.25, 0.3) is 0 Å². The Kier molecular flexibility index (Phi) is 7.71. The lowest BCUT2D eigenvalue weighted by Gasteiger charge is -2.13. The third-order valence-corrected chi connectivity index (χ3v) is 6.54. The van der Waals surface area contributed by atoms with E-state index in [1.807, 2.05) is 49.4 Å². The molecule has 0 saturated carbocycles. The standard InChI is InChI=1S/C28H22ClN3O2S/c1-18-3-5-19(6-4-18)24-15-26(20-7-9-21(29)10-8-20)32-28(25(24)16-30)35-17-27(33)31-22-11-13-23(34-2)14-12-22/h3-15H,17H2,1-2H3,(H,31,33). The monoisotopic (exact) mass is 499 g/mol. The van der Waals surface area contributed by atoms with Gasteiger partial charge in [0.1, 0.15) is 16.8 Å². The molecule has 0 aliphatic rings. The van der Waals surface area contributed by atoms with E-state index in [0.717, 1.165) is 22.3 Å². The summed E-state index contributed by atoms with van der Waals surface area (Å²) in [6.07, 6.45) is 0. The number of thioether (sulfide) groups is 1. The van der Waals surface area contributed by atoms with Crippen LogP contribution in [0, 0.1) is 18.3 Å². The van der Waals surface area contributed by atoms with Crippen LogP contribution in [0.4, 0.5) is 5.69 Å². The highest BCUT2D eigenvalue weighted by molar-refractivity contribution is 8.00. The SMILES string of the molecule is COc1ccc(NC(=O)CSc2nc(-c3ccc(Cl)cc3)cc(-c3ccc(C)cc3)c2C#N)cc1. The van der Waals surface area contributed by atoms with Gasteiger partial charge in [-0.2, -0.15) is 5.26 Å². The average Bonchev–Trinajstić information content (AvgIpc) is 2.88. The predicted molar refractivity (Wildman–Crippen MR) is 142 cm³/mol. The predicted octanol–water partition coefficient (Wildman–Crippen LogP) is 6.99. The second-order valence-corrected chi connectivity index (χ2v) is 9.19. The Labute approximate surface area is 213 Å². The summed E-state index contributed by atoms with van der Waals surface area (Å²) in [6.45, 7) is 2.02. The van der Waals surface area contributed by atoms with Crippen LogP contribution in [-0.2, 0) is 4.79 Å². The third-order valence-electron chi connectivity index (χ3n) is 5.31. The van der Waals surface area contributed by atoms with Crippen LogP contribution in [-0.4, -0.2) is 23.8 Å². The number of aromatic nitrogens is 1. The number of hydrogen-bond donors (Lipinski definition) is 1. The van der Waals surface area contributed by atoms with E-state index >= 15 is 0 Å². The summed E-state index contributed by atoms with van der Waals surface area (Å²) in [7, 11) is 1.59. The zero-order valence-corrected chi connectivity index (χ0v) is 20.8. The van der Waals surface area contributed by atoms with Gasteiger partial charge < -0.3 is 10.1 Å². The van der Waals surface area contributed by atoms with Crippen LogP contribution in [0.25, 0.3) is 22.4 Å². The lowest BCUT2D eigenvalue weighted by Crippen LogP contribution is -2.14. The minimum absolute atomic E-state index is 0.102. The Bertz CT molecular complexity index is 1380. The molecule has 0 unspecified atom stereocenters. The fraction of sp³-hybridized carbons (Fsp3) is 0.107. The molecular weight excluding hydrogens is 478 g/mol. The number of pyridine rings is 1. The number of benzene rings is 3. The first-order valence-electron chi connectivity index (χ1n) is 10.8. The number of nitrogens with one attached hydrogen (secondary N) is 1. The van der Waals surface area contributed by atoms with Crippen molar-refractivity contribution in [3.63, 3.8) is 0 Å². The number of rotatable bonds is 7. The molecule has 4 aromatic rings. The van der Waals surface area contributed by atoms with Crippen molar-refractivity contribution in [2.75, 3.05) is 18.2 Å². The van der Waals surface area contributed by atoms with Crippen LogP contribution in [0.15, 0.2) is 83.9 Å². The Hall–Kier alpha value is -3.79. The average molecular weight is 500 g/mol. The molecule has 0 spiro atoms. The van der Waals surface area contributed by atoms with E-state index in [2.05, 4.69) is 11.4 Å². The van der Waals surface area contributed by atoms with Gasteiger partial charge in [-0.15, -0.1) is 0 Å². The van der Waals surface area contributed by atoms with Gasteiger partial charge in [-0.05, 0) is 55.0 Å². The Morgan fingerprint density at radius 1 is 1.03 bits per heavy atom. The van der Waals surface area contributed by atoms with Crippen LogP contribution in [0.1, 0.15) is 11.1 Å². The zero-order chi connectivity index (χ0) is 24.8. The molecule has 35 heavy (non-hydrogen) atoms. The molecule has 1 amide bonds. The van der Waals surface area contributed by atoms with Gasteiger partial charge in [0, 0.05) is 21.8 Å². The number of hydrogen-bond acceptors (Lipinski definition) is 5. The molecule has 5 nitrogen and oxygen atoms in total. The van der Waals surface area contributed by atoms with Gasteiger partial charge >= 0.3 is 0 Å². The minimum atomic E-state index is -0.195. The second-order valence-electron chi connectivity index (χ2n) is 7.79. The highest BCUT2D eigenvalue weighted by Gasteiger charge is 2.17. The van der Waals surface area contributed by atoms with Crippen molar-refractivity contribution in [2.45, 2.75) is 11.9 Å². The van der Waals surface area contributed by atoms with E-state index in [-0.39, 0.29) is 11.7 Å². The summed E-state index contributed by atoms with van der Waals surface area (Å²) in [5, 5.41) is 14.0. The van der Waals surface area contributed by atoms with Crippen LogP contribution >= 0.6 is 23.4 Å². The summed E-state index contributed by atoms with van der Waals surface area (Å²) in [6, 6.07) is 26.7. The number of amides is 1. The van der Waals surface area contributed by atoms with Crippen LogP contribution < -0.4 is 10.1 Å². The van der Waals surface area contributed by atoms with E-state index in [9.17, 15) is 10.1 Å². The second kappa shape index (κ2) is 11.1. The Balaban J connectivity index is 1.66. The van der Waals surface area contributed by atoms with Gasteiger partial charge in [0.2, 0.25) is 5.91 Å². The Morgan fingerprint density at radius 2 is 1.69 bits per heavy atom. The Morgan fingerprint density at radius 3 is 2.31 bits per heavy atom. The summed E-state index contributed by atoms with van der Waals surface area (Å²) in [5.74, 6) is 0.619. The van der Waals surface area contributed by atoms with Gasteiger partial charge in [-0.1, -0.05) is 65.3 Å². The number of aryl methyl sites for hydroxylation is 1. The maximum atomic E-state index is 12.6. The molecule has 3 aromatic carbocycles. The molecule has 1 N–H and O–H groups in total. The first-order chi connectivity index (χ1) is 17.0. The first-order valence-corrected chi connectivity index (χ1v) is 12.2. The van der Waals surface area contributed by atoms with Gasteiger partial charge in [-0.3, -0.25) is 4.79 Å². The molecule has 7 heteroatoms. The zero-order valence-electron chi connectivity index (χ0n) is 19.2. The van der Waals surface area contributed by atoms with Crippen molar-refractivity contribution in [1.82, 2.24) is 4.98 Å². The van der Waals surface area contributed by atoms with Crippen LogP contribution in [0.5, 0.6) is 5.75 Å². The molecule has 0 saturated heterocycles. The number of anilines is 1. The van der Waals surface area contributed by atoms with Crippen molar-refractivity contribution in [1.29, 1.82) is 5.26 Å². The molecule has 174 valence electrons. The summed E-state index contributed by atoms with van der Waals surface area (Å²) in [5.41, 5.74) is 5.49. The van der Waals surface area contributed by atoms with Crippen molar-refractivity contribution in [2.24, 2.45) is 0 Å². The smallest absolute Gasteiger partial charge is 0.234 e. The molecule has 0 bridgehead atoms. The topological polar surface area (TPSA) is 75.0 Å². The largest absolute Gasteiger partial charge is 0.497 e. The van der Waals surface area contributed by atoms with Crippen LogP contribution in [0.2, 0.25) is 5.02 Å². The van der Waals surface area contributed by atoms with Crippen molar-refractivity contribution >= 4 is 35.0 Å². The maximum absolute atomic E-state index is 12.6. The molecule has 1 heterocycles. The molecule has 1 aromatic heterocycles. The summed E-state index contributed by atoms with van der Waals surface area (Å²) >= 11 is 7.30. The molecular formula is C28H22ClN3O2S. The lowest BCUT2D eigenvalue weighted by atomic mass is 9.98. The fourth-order valence-corrected chi connectivity index (χ4v) is 4.40. The molecule has 0 fully saturated rings. The first kappa shape index (κ1) is 24.3. The van der Waals surface area contributed by atoms with E-state index in [4.69, 9.17) is 21.3 Å². The number of ether oxygens (including phenoxy) is 1. The quantitative estimate of drug-likeness (QED) is 0.277. The maximum Gasteiger partial charge on any atom is 0.234 e. The summed E-state index contributed by atoms with van der Waals surface area (Å²) in [4.78, 5) is 17.4. The lowest BCUT2D eigenvalue weighted by molar-refractivity contribution is -0.113.